The summed E-state index contributed by atoms with van der Waals surface area (Å²) in [5.41, 5.74) is 2.31. The van der Waals surface area contributed by atoms with Crippen LogP contribution in [-0.2, 0) is 13.0 Å². The summed E-state index contributed by atoms with van der Waals surface area (Å²) >= 11 is 0. The van der Waals surface area contributed by atoms with Gasteiger partial charge in [-0.2, -0.15) is 0 Å². The van der Waals surface area contributed by atoms with E-state index < -0.39 is 5.56 Å². The van der Waals surface area contributed by atoms with Crippen molar-refractivity contribution >= 4 is 5.91 Å². The number of aromatic nitrogens is 1. The fourth-order valence-electron chi connectivity index (χ4n) is 3.44. The van der Waals surface area contributed by atoms with Crippen LogP contribution < -0.4 is 15.0 Å². The Balaban J connectivity index is 1.59. The number of carbonyl (C=O) groups excluding carboxylic acids is 1. The first-order chi connectivity index (χ1) is 13.6. The summed E-state index contributed by atoms with van der Waals surface area (Å²) in [7, 11) is 3.18. The molecular formula is C21H20N2O5. The molecule has 1 N–H and O–H groups in total. The second kappa shape index (κ2) is 7.26. The molecule has 0 fully saturated rings. The summed E-state index contributed by atoms with van der Waals surface area (Å²) < 4.78 is 16.0. The van der Waals surface area contributed by atoms with Gasteiger partial charge in [-0.3, -0.25) is 9.59 Å². The minimum atomic E-state index is -0.433. The molecule has 144 valence electrons. The molecule has 0 saturated carbocycles. The lowest BCUT2D eigenvalue weighted by Crippen LogP contribution is -2.38. The minimum absolute atomic E-state index is 0.110. The molecule has 0 atom stereocenters. The third kappa shape index (κ3) is 3.15. The average Bonchev–Trinajstić information content (AvgIpc) is 3.26. The molecule has 3 aromatic rings. The Hall–Kier alpha value is -3.48. The van der Waals surface area contributed by atoms with E-state index in [0.717, 1.165) is 11.1 Å². The monoisotopic (exact) mass is 380 g/mol. The quantitative estimate of drug-likeness (QED) is 0.752. The van der Waals surface area contributed by atoms with Crippen LogP contribution in [0.1, 0.15) is 21.5 Å². The van der Waals surface area contributed by atoms with Gasteiger partial charge in [-0.15, -0.1) is 0 Å². The van der Waals surface area contributed by atoms with Gasteiger partial charge in [-0.05, 0) is 53.9 Å². The summed E-state index contributed by atoms with van der Waals surface area (Å²) in [5, 5.41) is 0. The lowest BCUT2D eigenvalue weighted by Gasteiger charge is -2.29. The van der Waals surface area contributed by atoms with Gasteiger partial charge in [-0.1, -0.05) is 0 Å². The molecule has 4 rings (SSSR count). The predicted octanol–water partition coefficient (Wildman–Crippen LogP) is 2.85. The van der Waals surface area contributed by atoms with Crippen molar-refractivity contribution in [3.63, 3.8) is 0 Å². The number of fused-ring (bicyclic) bond motifs is 1. The Labute approximate surface area is 161 Å². The minimum Gasteiger partial charge on any atom is -0.493 e. The van der Waals surface area contributed by atoms with E-state index in [2.05, 4.69) is 4.98 Å². The number of furan rings is 1. The highest BCUT2D eigenvalue weighted by Crippen LogP contribution is 2.33. The Morgan fingerprint density at radius 3 is 2.50 bits per heavy atom. The van der Waals surface area contributed by atoms with Crippen LogP contribution in [0.5, 0.6) is 11.5 Å². The lowest BCUT2D eigenvalue weighted by atomic mass is 9.98. The van der Waals surface area contributed by atoms with Crippen molar-refractivity contribution in [1.82, 2.24) is 9.88 Å². The maximum absolute atomic E-state index is 12.9. The molecule has 0 aliphatic carbocycles. The van der Waals surface area contributed by atoms with Crippen LogP contribution in [0, 0.1) is 0 Å². The third-order valence-electron chi connectivity index (χ3n) is 4.93. The van der Waals surface area contributed by atoms with Gasteiger partial charge in [0.05, 0.1) is 26.2 Å². The van der Waals surface area contributed by atoms with Crippen LogP contribution in [0.25, 0.3) is 11.5 Å². The molecule has 0 bridgehead atoms. The molecule has 1 amide bonds. The number of amides is 1. The van der Waals surface area contributed by atoms with Gasteiger partial charge >= 0.3 is 0 Å². The fourth-order valence-corrected chi connectivity index (χ4v) is 3.44. The Morgan fingerprint density at radius 2 is 1.86 bits per heavy atom. The van der Waals surface area contributed by atoms with Gasteiger partial charge in [0.2, 0.25) is 0 Å². The molecular weight excluding hydrogens is 360 g/mol. The van der Waals surface area contributed by atoms with Crippen LogP contribution in [0.3, 0.4) is 0 Å². The summed E-state index contributed by atoms with van der Waals surface area (Å²) in [6.45, 7) is 0.939. The number of hydrogen-bond acceptors (Lipinski definition) is 5. The van der Waals surface area contributed by atoms with E-state index in [1.165, 1.54) is 6.26 Å². The zero-order valence-electron chi connectivity index (χ0n) is 15.7. The fraction of sp³-hybridized carbons (Fsp3) is 0.238. The van der Waals surface area contributed by atoms with Crippen molar-refractivity contribution in [3.8, 4) is 23.0 Å². The van der Waals surface area contributed by atoms with Crippen molar-refractivity contribution in [2.45, 2.75) is 13.0 Å². The van der Waals surface area contributed by atoms with Crippen LogP contribution in [-0.4, -0.2) is 36.6 Å². The first-order valence-electron chi connectivity index (χ1n) is 8.91. The number of methoxy groups -OCH3 is 2. The van der Waals surface area contributed by atoms with Gasteiger partial charge in [0.15, 0.2) is 11.5 Å². The number of nitrogens with zero attached hydrogens (tertiary/aromatic N) is 1. The van der Waals surface area contributed by atoms with Crippen molar-refractivity contribution in [3.05, 3.63) is 69.7 Å². The molecule has 28 heavy (non-hydrogen) atoms. The number of nitrogens with one attached hydrogen (secondary N) is 1. The number of H-pyrrole nitrogens is 1. The third-order valence-corrected chi connectivity index (χ3v) is 4.93. The van der Waals surface area contributed by atoms with Crippen LogP contribution in [0.2, 0.25) is 0 Å². The van der Waals surface area contributed by atoms with Crippen LogP contribution >= 0.6 is 0 Å². The highest BCUT2D eigenvalue weighted by molar-refractivity contribution is 5.94. The number of aromatic amines is 1. The summed E-state index contributed by atoms with van der Waals surface area (Å²) in [5.74, 6) is 1.54. The van der Waals surface area contributed by atoms with E-state index in [0.29, 0.717) is 42.5 Å². The van der Waals surface area contributed by atoms with E-state index in [9.17, 15) is 9.59 Å². The highest BCUT2D eigenvalue weighted by Gasteiger charge is 2.25. The number of carbonyl (C=O) groups is 1. The topological polar surface area (TPSA) is 84.8 Å². The maximum atomic E-state index is 12.9. The van der Waals surface area contributed by atoms with Crippen LogP contribution in [0.4, 0.5) is 0 Å². The van der Waals surface area contributed by atoms with E-state index in [-0.39, 0.29) is 11.5 Å². The number of ether oxygens (including phenoxy) is 2. The summed E-state index contributed by atoms with van der Waals surface area (Å²) in [6.07, 6.45) is 2.21. The Morgan fingerprint density at radius 1 is 1.11 bits per heavy atom. The molecule has 3 heterocycles. The summed E-state index contributed by atoms with van der Waals surface area (Å²) in [4.78, 5) is 29.8. The number of pyridine rings is 1. The maximum Gasteiger partial charge on any atom is 0.261 e. The molecule has 0 unspecified atom stereocenters. The molecule has 7 nitrogen and oxygen atoms in total. The van der Waals surface area contributed by atoms with Crippen LogP contribution in [0.15, 0.2) is 51.9 Å². The second-order valence-electron chi connectivity index (χ2n) is 6.54. The number of benzene rings is 1. The zero-order chi connectivity index (χ0) is 19.7. The SMILES string of the molecule is COc1cc2c(cc1OC)CN(C(=O)c1ccc(-c3ccco3)[nH]c1=O)CC2. The molecule has 1 aliphatic rings. The molecule has 1 aliphatic heterocycles. The molecule has 0 radical (unpaired) electrons. The Bertz CT molecular complexity index is 1070. The van der Waals surface area contributed by atoms with E-state index in [1.54, 1.807) is 43.4 Å². The van der Waals surface area contributed by atoms with Crippen molar-refractivity contribution in [1.29, 1.82) is 0 Å². The number of hydrogen-bond donors (Lipinski definition) is 1. The van der Waals surface area contributed by atoms with Crippen molar-refractivity contribution in [2.24, 2.45) is 0 Å². The van der Waals surface area contributed by atoms with E-state index in [1.807, 2.05) is 12.1 Å². The normalized spacial score (nSPS) is 13.1. The lowest BCUT2D eigenvalue weighted by molar-refractivity contribution is 0.0732. The Kier molecular flexibility index (Phi) is 4.65. The van der Waals surface area contributed by atoms with Gasteiger partial charge in [0.1, 0.15) is 11.3 Å². The first-order valence-corrected chi connectivity index (χ1v) is 8.91. The molecule has 2 aromatic heterocycles. The van der Waals surface area contributed by atoms with Gasteiger partial charge in [0.25, 0.3) is 11.5 Å². The van der Waals surface area contributed by atoms with Crippen molar-refractivity contribution in [2.75, 3.05) is 20.8 Å². The standard InChI is InChI=1S/C21H20N2O5/c1-26-18-10-13-7-8-23(12-14(13)11-19(18)27-2)21(25)15-5-6-16(22-20(15)24)17-4-3-9-28-17/h3-6,9-11H,7-8,12H2,1-2H3,(H,22,24). The van der Waals surface area contributed by atoms with Crippen molar-refractivity contribution < 1.29 is 18.7 Å². The predicted molar refractivity (Wildman–Crippen MR) is 103 cm³/mol. The molecule has 0 saturated heterocycles. The van der Waals surface area contributed by atoms with E-state index >= 15 is 0 Å². The highest BCUT2D eigenvalue weighted by atomic mass is 16.5. The van der Waals surface area contributed by atoms with Gasteiger partial charge in [0, 0.05) is 13.1 Å². The molecule has 1 aromatic carbocycles. The zero-order valence-corrected chi connectivity index (χ0v) is 15.7. The summed E-state index contributed by atoms with van der Waals surface area (Å²) in [6, 6.07) is 10.5. The van der Waals surface area contributed by atoms with E-state index in [4.69, 9.17) is 13.9 Å². The largest absolute Gasteiger partial charge is 0.493 e. The molecule has 0 spiro atoms. The first kappa shape index (κ1) is 17.9. The average molecular weight is 380 g/mol. The second-order valence-corrected chi connectivity index (χ2v) is 6.54. The van der Waals surface area contributed by atoms with Gasteiger partial charge in [-0.25, -0.2) is 0 Å². The smallest absolute Gasteiger partial charge is 0.261 e. The van der Waals surface area contributed by atoms with Gasteiger partial charge < -0.3 is 23.8 Å². The number of rotatable bonds is 4. The molecule has 7 heteroatoms.